The van der Waals surface area contributed by atoms with Gasteiger partial charge in [-0.05, 0) is 72.0 Å². The van der Waals surface area contributed by atoms with Crippen LogP contribution < -0.4 is 4.74 Å². The summed E-state index contributed by atoms with van der Waals surface area (Å²) in [6.07, 6.45) is 1.64. The second-order valence-electron chi connectivity index (χ2n) is 10.6. The van der Waals surface area contributed by atoms with Gasteiger partial charge in [-0.2, -0.15) is 0 Å². The normalized spacial score (nSPS) is 27.5. The van der Waals surface area contributed by atoms with Crippen molar-refractivity contribution in [3.63, 3.8) is 0 Å². The van der Waals surface area contributed by atoms with Crippen LogP contribution in [-0.2, 0) is 17.6 Å². The molecule has 4 fully saturated rings. The minimum atomic E-state index is -3.74. The van der Waals surface area contributed by atoms with Crippen LogP contribution in [0.1, 0.15) is 30.4 Å². The maximum absolute atomic E-state index is 16.3. The summed E-state index contributed by atoms with van der Waals surface area (Å²) in [5.74, 6) is -5.18. The zero-order chi connectivity index (χ0) is 25.3. The Labute approximate surface area is 204 Å². The number of hydrogen-bond acceptors (Lipinski definition) is 6. The molecule has 2 heterocycles. The molecule has 0 amide bonds. The van der Waals surface area contributed by atoms with Crippen molar-refractivity contribution >= 4 is 0 Å². The molecule has 7 nitrogen and oxygen atoms in total. The Hall–Kier alpha value is -3.05. The molecular formula is C25H25F4N5O2. The third-order valence-corrected chi connectivity index (χ3v) is 8.17. The van der Waals surface area contributed by atoms with E-state index in [0.29, 0.717) is 6.07 Å². The summed E-state index contributed by atoms with van der Waals surface area (Å²) in [6.45, 7) is 0.948. The predicted molar refractivity (Wildman–Crippen MR) is 119 cm³/mol. The van der Waals surface area contributed by atoms with Gasteiger partial charge in [0.2, 0.25) is 0 Å². The molecule has 3 aromatic rings. The molecule has 7 rings (SSSR count). The van der Waals surface area contributed by atoms with E-state index >= 15 is 8.78 Å². The molecule has 3 saturated carbocycles. The molecule has 2 bridgehead atoms. The molecule has 36 heavy (non-hydrogen) atoms. The number of ether oxygens (including phenoxy) is 1. The second-order valence-corrected chi connectivity index (χ2v) is 10.6. The van der Waals surface area contributed by atoms with E-state index in [0.717, 1.165) is 47.5 Å². The maximum Gasteiger partial charge on any atom is 0.287 e. The van der Waals surface area contributed by atoms with E-state index in [9.17, 15) is 13.9 Å². The number of likely N-dealkylation sites (tertiary alicyclic amines) is 1. The molecule has 4 aliphatic rings. The molecule has 1 N–H and O–H groups in total. The van der Waals surface area contributed by atoms with E-state index in [4.69, 9.17) is 4.74 Å². The fraction of sp³-hybridized carbons (Fsp3) is 0.480. The molecule has 0 radical (unpaired) electrons. The van der Waals surface area contributed by atoms with Crippen molar-refractivity contribution in [2.24, 2.45) is 5.41 Å². The predicted octanol–water partition coefficient (Wildman–Crippen LogP) is 3.29. The minimum absolute atomic E-state index is 0.140. The topological polar surface area (TPSA) is 76.3 Å². The molecule has 190 valence electrons. The number of alkyl halides is 2. The molecule has 1 saturated heterocycles. The van der Waals surface area contributed by atoms with Gasteiger partial charge in [-0.3, -0.25) is 4.90 Å². The van der Waals surface area contributed by atoms with E-state index in [2.05, 4.69) is 20.4 Å². The lowest BCUT2D eigenvalue weighted by molar-refractivity contribution is -0.347. The Bertz CT molecular complexity index is 1260. The molecule has 0 spiro atoms. The van der Waals surface area contributed by atoms with Crippen molar-refractivity contribution in [3.8, 4) is 5.75 Å². The van der Waals surface area contributed by atoms with Crippen LogP contribution in [0.5, 0.6) is 5.75 Å². The Morgan fingerprint density at radius 2 is 1.78 bits per heavy atom. The number of aliphatic hydroxyl groups is 1. The number of hydrogen-bond donors (Lipinski definition) is 1. The van der Waals surface area contributed by atoms with E-state index in [1.807, 2.05) is 31.3 Å². The van der Waals surface area contributed by atoms with Crippen molar-refractivity contribution in [1.82, 2.24) is 25.1 Å². The summed E-state index contributed by atoms with van der Waals surface area (Å²) in [6, 6.07) is 9.75. The van der Waals surface area contributed by atoms with Crippen LogP contribution in [0.25, 0.3) is 0 Å². The van der Waals surface area contributed by atoms with Crippen LogP contribution in [0.4, 0.5) is 17.6 Å². The largest absolute Gasteiger partial charge is 0.488 e. The third kappa shape index (κ3) is 3.28. The van der Waals surface area contributed by atoms with E-state index in [1.165, 1.54) is 0 Å². The fourth-order valence-electron chi connectivity index (χ4n) is 6.33. The highest BCUT2D eigenvalue weighted by Crippen LogP contribution is 2.80. The zero-order valence-electron chi connectivity index (χ0n) is 19.5. The summed E-state index contributed by atoms with van der Waals surface area (Å²) >= 11 is 0. The van der Waals surface area contributed by atoms with Crippen molar-refractivity contribution in [1.29, 1.82) is 0 Å². The second kappa shape index (κ2) is 7.72. The molecule has 1 unspecified atom stereocenters. The monoisotopic (exact) mass is 503 g/mol. The lowest BCUT2D eigenvalue weighted by Crippen LogP contribution is -2.76. The minimum Gasteiger partial charge on any atom is -0.488 e. The van der Waals surface area contributed by atoms with Gasteiger partial charge in [0.1, 0.15) is 29.8 Å². The molecular weight excluding hydrogens is 478 g/mol. The Kier molecular flexibility index (Phi) is 5.01. The van der Waals surface area contributed by atoms with Crippen LogP contribution in [0, 0.1) is 17.0 Å². The first-order valence-corrected chi connectivity index (χ1v) is 11.8. The van der Waals surface area contributed by atoms with E-state index in [1.54, 1.807) is 0 Å². The lowest BCUT2D eigenvalue weighted by atomic mass is 9.30. The third-order valence-electron chi connectivity index (χ3n) is 8.17. The van der Waals surface area contributed by atoms with Gasteiger partial charge < -0.3 is 9.84 Å². The number of tetrazole rings is 1. The molecule has 1 aromatic heterocycles. The summed E-state index contributed by atoms with van der Waals surface area (Å²) < 4.78 is 67.6. The average molecular weight is 504 g/mol. The Morgan fingerprint density at radius 3 is 2.36 bits per heavy atom. The van der Waals surface area contributed by atoms with Crippen LogP contribution in [-0.4, -0.2) is 62.4 Å². The summed E-state index contributed by atoms with van der Waals surface area (Å²) in [5, 5.41) is 21.9. The van der Waals surface area contributed by atoms with Crippen LogP contribution in [0.15, 0.2) is 48.8 Å². The Balaban J connectivity index is 1.24. The smallest absolute Gasteiger partial charge is 0.287 e. The number of benzene rings is 2. The van der Waals surface area contributed by atoms with Gasteiger partial charge in [-0.25, -0.2) is 22.2 Å². The van der Waals surface area contributed by atoms with Crippen molar-refractivity contribution < 1.29 is 27.4 Å². The molecule has 2 aromatic carbocycles. The van der Waals surface area contributed by atoms with Gasteiger partial charge >= 0.3 is 0 Å². The quantitative estimate of drug-likeness (QED) is 0.476. The highest BCUT2D eigenvalue weighted by Gasteiger charge is 2.82. The lowest BCUT2D eigenvalue weighted by Gasteiger charge is -2.74. The average Bonchev–Trinajstić information content (AvgIpc) is 3.24. The molecule has 3 aliphatic carbocycles. The number of nitrogens with zero attached hydrogens (tertiary/aromatic N) is 5. The molecule has 1 aliphatic heterocycles. The number of aromatic nitrogens is 4. The number of likely N-dealkylation sites (N-methyl/N-ethyl adjacent to an activating group) is 1. The molecule has 11 heteroatoms. The van der Waals surface area contributed by atoms with Crippen LogP contribution in [0.3, 0.4) is 0 Å². The van der Waals surface area contributed by atoms with Crippen LogP contribution >= 0.6 is 0 Å². The SMILES string of the molecule is CN1CC(Oc2ccc(C34CC(C(F)(F)C(O)(Cn5cnnn5)c5ccc(F)cc5F)(C3)C4)cc2)C1. The zero-order valence-corrected chi connectivity index (χ0v) is 19.5. The van der Waals surface area contributed by atoms with Gasteiger partial charge in [0.05, 0.1) is 6.54 Å². The highest BCUT2D eigenvalue weighted by molar-refractivity contribution is 5.44. The standard InChI is InChI=1S/C25H25F4N5O2/c1-33-9-19(10-33)36-18-5-2-16(3-6-18)22-11-23(12-22,13-22)25(28,29)24(35,14-34-15-30-31-32-34)20-7-4-17(26)8-21(20)27/h2-8,15,19,35H,9-14H2,1H3. The van der Waals surface area contributed by atoms with Crippen molar-refractivity contribution in [2.45, 2.75) is 48.8 Å². The van der Waals surface area contributed by atoms with Gasteiger partial charge in [-0.15, -0.1) is 5.10 Å². The first-order chi connectivity index (χ1) is 17.1. The van der Waals surface area contributed by atoms with Crippen molar-refractivity contribution in [2.75, 3.05) is 20.1 Å². The maximum atomic E-state index is 16.3. The number of rotatable bonds is 8. The van der Waals surface area contributed by atoms with Crippen LogP contribution in [0.2, 0.25) is 0 Å². The Morgan fingerprint density at radius 1 is 1.08 bits per heavy atom. The van der Waals surface area contributed by atoms with E-state index in [-0.39, 0.29) is 25.4 Å². The summed E-state index contributed by atoms with van der Waals surface area (Å²) in [5.41, 5.74) is -4.68. The van der Waals surface area contributed by atoms with Gasteiger partial charge in [0.15, 0.2) is 5.60 Å². The highest BCUT2D eigenvalue weighted by atomic mass is 19.3. The van der Waals surface area contributed by atoms with Gasteiger partial charge in [-0.1, -0.05) is 12.1 Å². The number of halogens is 4. The first kappa shape index (κ1) is 23.4. The van der Waals surface area contributed by atoms with Gasteiger partial charge in [0, 0.05) is 30.1 Å². The first-order valence-electron chi connectivity index (χ1n) is 11.8. The molecule has 1 atom stereocenters. The fourth-order valence-corrected chi connectivity index (χ4v) is 6.33. The van der Waals surface area contributed by atoms with E-state index < -0.39 is 46.1 Å². The summed E-state index contributed by atoms with van der Waals surface area (Å²) in [4.78, 5) is 2.15. The van der Waals surface area contributed by atoms with Crippen molar-refractivity contribution in [3.05, 3.63) is 71.6 Å². The van der Waals surface area contributed by atoms with Gasteiger partial charge in [0.25, 0.3) is 5.92 Å². The summed E-state index contributed by atoms with van der Waals surface area (Å²) in [7, 11) is 2.02.